The van der Waals surface area contributed by atoms with Crippen molar-refractivity contribution in [2.45, 2.75) is 50.9 Å². The summed E-state index contributed by atoms with van der Waals surface area (Å²) in [6.07, 6.45) is 16.0. The first-order valence-corrected chi connectivity index (χ1v) is 9.83. The van der Waals surface area contributed by atoms with E-state index in [2.05, 4.69) is 29.0 Å². The van der Waals surface area contributed by atoms with Crippen molar-refractivity contribution in [1.29, 1.82) is 10.5 Å². The van der Waals surface area contributed by atoms with E-state index in [9.17, 15) is 5.26 Å². The summed E-state index contributed by atoms with van der Waals surface area (Å²) in [5, 5.41) is 18.8. The predicted molar refractivity (Wildman–Crippen MR) is 110 cm³/mol. The van der Waals surface area contributed by atoms with E-state index in [1.165, 1.54) is 19.3 Å². The molecule has 0 bridgehead atoms. The van der Waals surface area contributed by atoms with Gasteiger partial charge in [-0.1, -0.05) is 56.5 Å². The van der Waals surface area contributed by atoms with Crippen molar-refractivity contribution in [2.24, 2.45) is 0 Å². The summed E-state index contributed by atoms with van der Waals surface area (Å²) < 4.78 is 0. The van der Waals surface area contributed by atoms with Crippen LogP contribution in [0.25, 0.3) is 5.57 Å². The molecule has 1 unspecified atom stereocenters. The van der Waals surface area contributed by atoms with Gasteiger partial charge in [0.05, 0.1) is 17.7 Å². The van der Waals surface area contributed by atoms with Crippen LogP contribution in [0.4, 0.5) is 0 Å². The average Bonchev–Trinajstić information content (AvgIpc) is 2.77. The molecule has 0 saturated carbocycles. The van der Waals surface area contributed by atoms with Gasteiger partial charge in [0.15, 0.2) is 5.82 Å². The van der Waals surface area contributed by atoms with Gasteiger partial charge in [-0.05, 0) is 48.1 Å². The first-order valence-electron chi connectivity index (χ1n) is 9.83. The quantitative estimate of drug-likeness (QED) is 0.624. The zero-order valence-electron chi connectivity index (χ0n) is 16.2. The number of rotatable bonds is 7. The molecule has 4 heteroatoms. The van der Waals surface area contributed by atoms with E-state index in [0.29, 0.717) is 17.8 Å². The molecular formula is C24H24N4. The Hall–Kier alpha value is -3.24. The lowest BCUT2D eigenvalue weighted by atomic mass is 9.79. The Kier molecular flexibility index (Phi) is 6.35. The number of benzene rings is 1. The second-order valence-corrected chi connectivity index (χ2v) is 7.19. The molecule has 0 N–H and O–H groups in total. The largest absolute Gasteiger partial charge is 0.239 e. The fourth-order valence-electron chi connectivity index (χ4n) is 3.36. The van der Waals surface area contributed by atoms with Crippen molar-refractivity contribution < 1.29 is 0 Å². The van der Waals surface area contributed by atoms with Crippen molar-refractivity contribution in [1.82, 2.24) is 9.97 Å². The van der Waals surface area contributed by atoms with Crippen LogP contribution in [-0.2, 0) is 11.8 Å². The third-order valence-electron chi connectivity index (χ3n) is 5.16. The molecule has 1 aliphatic carbocycles. The van der Waals surface area contributed by atoms with E-state index in [-0.39, 0.29) is 0 Å². The van der Waals surface area contributed by atoms with Crippen molar-refractivity contribution in [2.75, 3.05) is 0 Å². The van der Waals surface area contributed by atoms with Crippen molar-refractivity contribution >= 4 is 5.57 Å². The van der Waals surface area contributed by atoms with E-state index in [0.717, 1.165) is 29.5 Å². The smallest absolute Gasteiger partial charge is 0.152 e. The van der Waals surface area contributed by atoms with Crippen molar-refractivity contribution in [3.05, 3.63) is 77.4 Å². The lowest BCUT2D eigenvalue weighted by molar-refractivity contribution is 0.629. The molecule has 0 saturated heterocycles. The van der Waals surface area contributed by atoms with Crippen LogP contribution < -0.4 is 0 Å². The van der Waals surface area contributed by atoms with Gasteiger partial charge in [0, 0.05) is 12.4 Å². The van der Waals surface area contributed by atoms with E-state index in [4.69, 9.17) is 5.26 Å². The number of aromatic nitrogens is 2. The van der Waals surface area contributed by atoms with Gasteiger partial charge in [0.1, 0.15) is 5.41 Å². The van der Waals surface area contributed by atoms with E-state index in [1.54, 1.807) is 12.1 Å². The summed E-state index contributed by atoms with van der Waals surface area (Å²) in [6.45, 7) is 2.21. The topological polar surface area (TPSA) is 73.4 Å². The highest BCUT2D eigenvalue weighted by Gasteiger charge is 2.33. The number of hydrogen-bond acceptors (Lipinski definition) is 4. The molecule has 4 nitrogen and oxygen atoms in total. The molecule has 0 amide bonds. The highest BCUT2D eigenvalue weighted by molar-refractivity contribution is 5.76. The van der Waals surface area contributed by atoms with Gasteiger partial charge in [0.2, 0.25) is 0 Å². The molecular weight excluding hydrogens is 344 g/mol. The normalized spacial score (nSPS) is 18.2. The molecule has 0 radical (unpaired) electrons. The summed E-state index contributed by atoms with van der Waals surface area (Å²) in [4.78, 5) is 9.03. The lowest BCUT2D eigenvalue weighted by Crippen LogP contribution is -2.25. The SMILES string of the molecule is CCCCCCc1cnc(C2(C#N)C=CC(c3ccc(C#N)cc3)=CC2)nc1. The lowest BCUT2D eigenvalue weighted by Gasteiger charge is -2.23. The molecule has 1 heterocycles. The van der Waals surface area contributed by atoms with Crippen LogP contribution >= 0.6 is 0 Å². The maximum Gasteiger partial charge on any atom is 0.152 e. The number of unbranched alkanes of at least 4 members (excludes halogenated alkanes) is 3. The van der Waals surface area contributed by atoms with Crippen LogP contribution in [0.1, 0.15) is 61.5 Å². The molecule has 0 spiro atoms. The third-order valence-corrected chi connectivity index (χ3v) is 5.16. The van der Waals surface area contributed by atoms with Gasteiger partial charge >= 0.3 is 0 Å². The van der Waals surface area contributed by atoms with E-state index < -0.39 is 5.41 Å². The summed E-state index contributed by atoms with van der Waals surface area (Å²) in [7, 11) is 0. The minimum Gasteiger partial charge on any atom is -0.239 e. The Morgan fingerprint density at radius 1 is 1.04 bits per heavy atom. The second-order valence-electron chi connectivity index (χ2n) is 7.19. The first-order chi connectivity index (χ1) is 13.7. The standard InChI is InChI=1S/C24H24N4/c1-2-3-4-5-6-20-16-27-23(28-17-20)24(18-26)13-11-22(12-14-24)21-9-7-19(15-25)8-10-21/h7-13,16-17H,2-6,14H2,1H3. The number of nitrogens with zero attached hydrogens (tertiary/aromatic N) is 4. The van der Waals surface area contributed by atoms with Crippen LogP contribution in [0.15, 0.2) is 54.9 Å². The number of nitriles is 2. The molecule has 1 aromatic carbocycles. The van der Waals surface area contributed by atoms with Gasteiger partial charge in [-0.25, -0.2) is 9.97 Å². The molecule has 1 aliphatic rings. The van der Waals surface area contributed by atoms with Crippen LogP contribution in [0.5, 0.6) is 0 Å². The van der Waals surface area contributed by atoms with Gasteiger partial charge in [-0.15, -0.1) is 0 Å². The predicted octanol–water partition coefficient (Wildman–Crippen LogP) is 5.28. The van der Waals surface area contributed by atoms with Gasteiger partial charge in [-0.3, -0.25) is 0 Å². The fourth-order valence-corrected chi connectivity index (χ4v) is 3.36. The minimum absolute atomic E-state index is 0.533. The zero-order chi connectivity index (χ0) is 19.8. The van der Waals surface area contributed by atoms with Crippen molar-refractivity contribution in [3.63, 3.8) is 0 Å². The summed E-state index contributed by atoms with van der Waals surface area (Å²) >= 11 is 0. The molecule has 1 aromatic heterocycles. The molecule has 3 rings (SSSR count). The van der Waals surface area contributed by atoms with Gasteiger partial charge in [0.25, 0.3) is 0 Å². The number of allylic oxidation sites excluding steroid dienone is 4. The molecule has 0 aliphatic heterocycles. The van der Waals surface area contributed by atoms with Gasteiger partial charge in [-0.2, -0.15) is 10.5 Å². The van der Waals surface area contributed by atoms with Crippen molar-refractivity contribution in [3.8, 4) is 12.1 Å². The average molecular weight is 368 g/mol. The summed E-state index contributed by atoms with van der Waals surface area (Å²) in [5.74, 6) is 0.554. The monoisotopic (exact) mass is 368 g/mol. The maximum absolute atomic E-state index is 9.84. The second kappa shape index (κ2) is 9.11. The maximum atomic E-state index is 9.84. The Bertz CT molecular complexity index is 940. The summed E-state index contributed by atoms with van der Waals surface area (Å²) in [5.41, 5.74) is 3.02. The summed E-state index contributed by atoms with van der Waals surface area (Å²) in [6, 6.07) is 12.0. The van der Waals surface area contributed by atoms with Crippen LogP contribution in [0.2, 0.25) is 0 Å². The highest BCUT2D eigenvalue weighted by Crippen LogP contribution is 2.34. The van der Waals surface area contributed by atoms with Gasteiger partial charge < -0.3 is 0 Å². The molecule has 1 atom stereocenters. The zero-order valence-corrected chi connectivity index (χ0v) is 16.2. The number of hydrogen-bond donors (Lipinski definition) is 0. The Morgan fingerprint density at radius 2 is 1.79 bits per heavy atom. The Labute approximate surface area is 166 Å². The number of aryl methyl sites for hydroxylation is 1. The Balaban J connectivity index is 1.71. The van der Waals surface area contributed by atoms with E-state index >= 15 is 0 Å². The van der Waals surface area contributed by atoms with Crippen LogP contribution in [0, 0.1) is 22.7 Å². The van der Waals surface area contributed by atoms with Crippen LogP contribution in [-0.4, -0.2) is 9.97 Å². The van der Waals surface area contributed by atoms with Crippen LogP contribution in [0.3, 0.4) is 0 Å². The molecule has 2 aromatic rings. The molecule has 28 heavy (non-hydrogen) atoms. The molecule has 0 fully saturated rings. The first kappa shape index (κ1) is 19.5. The highest BCUT2D eigenvalue weighted by atomic mass is 14.9. The Morgan fingerprint density at radius 3 is 2.36 bits per heavy atom. The minimum atomic E-state index is -0.823. The van der Waals surface area contributed by atoms with E-state index in [1.807, 2.05) is 42.8 Å². The third kappa shape index (κ3) is 4.35. The molecule has 140 valence electrons. The fraction of sp³-hybridized carbons (Fsp3) is 0.333.